The topological polar surface area (TPSA) is 59.1 Å². The van der Waals surface area contributed by atoms with Crippen LogP contribution in [0.2, 0.25) is 10.2 Å². The summed E-state index contributed by atoms with van der Waals surface area (Å²) < 4.78 is 26.4. The van der Waals surface area contributed by atoms with Gasteiger partial charge < -0.3 is 0 Å². The van der Waals surface area contributed by atoms with Crippen LogP contribution in [0.25, 0.3) is 0 Å². The Labute approximate surface area is 115 Å². The van der Waals surface area contributed by atoms with Crippen molar-refractivity contribution in [3.05, 3.63) is 52.8 Å². The molecule has 18 heavy (non-hydrogen) atoms. The Morgan fingerprint density at radius 1 is 1.00 bits per heavy atom. The molecule has 0 aliphatic carbocycles. The van der Waals surface area contributed by atoms with Crippen molar-refractivity contribution in [1.29, 1.82) is 0 Å². The highest BCUT2D eigenvalue weighted by Gasteiger charge is 2.13. The van der Waals surface area contributed by atoms with E-state index in [1.807, 2.05) is 0 Å². The third-order valence-corrected chi connectivity index (χ3v) is 3.98. The number of aromatic nitrogens is 1. The van der Waals surface area contributed by atoms with E-state index in [0.717, 1.165) is 0 Å². The second kappa shape index (κ2) is 5.14. The van der Waals surface area contributed by atoms with Gasteiger partial charge in [-0.15, -0.1) is 0 Å². The molecule has 0 spiro atoms. The van der Waals surface area contributed by atoms with Crippen LogP contribution in [-0.2, 0) is 10.0 Å². The zero-order chi connectivity index (χ0) is 13.2. The predicted octanol–water partition coefficient (Wildman–Crippen LogP) is 3.19. The van der Waals surface area contributed by atoms with Crippen LogP contribution in [0.4, 0.5) is 5.69 Å². The van der Waals surface area contributed by atoms with Crippen LogP contribution >= 0.6 is 23.2 Å². The monoisotopic (exact) mass is 302 g/mol. The summed E-state index contributed by atoms with van der Waals surface area (Å²) in [7, 11) is -3.63. The van der Waals surface area contributed by atoms with Gasteiger partial charge >= 0.3 is 0 Å². The van der Waals surface area contributed by atoms with Gasteiger partial charge in [0.05, 0.1) is 16.8 Å². The normalized spacial score (nSPS) is 11.2. The van der Waals surface area contributed by atoms with Crippen molar-refractivity contribution in [3.8, 4) is 0 Å². The number of benzene rings is 1. The van der Waals surface area contributed by atoms with Crippen molar-refractivity contribution in [2.24, 2.45) is 0 Å². The van der Waals surface area contributed by atoms with Gasteiger partial charge in [-0.05, 0) is 36.4 Å². The lowest BCUT2D eigenvalue weighted by molar-refractivity contribution is 0.601. The molecule has 0 aliphatic rings. The summed E-state index contributed by atoms with van der Waals surface area (Å²) in [5, 5.41) is 0.770. The molecule has 94 valence electrons. The SMILES string of the molecule is O=S(=O)(Nc1ccc(Cl)nc1)c1ccc(Cl)cc1. The van der Waals surface area contributed by atoms with Crippen LogP contribution in [0.1, 0.15) is 0 Å². The standard InChI is InChI=1S/C11H8Cl2N2O2S/c12-8-1-4-10(5-2-8)18(16,17)15-9-3-6-11(13)14-7-9/h1-7,15H. The summed E-state index contributed by atoms with van der Waals surface area (Å²) in [5.41, 5.74) is 0.342. The van der Waals surface area contributed by atoms with Crippen molar-refractivity contribution < 1.29 is 8.42 Å². The highest BCUT2D eigenvalue weighted by atomic mass is 35.5. The summed E-state index contributed by atoms with van der Waals surface area (Å²) in [5.74, 6) is 0. The van der Waals surface area contributed by atoms with E-state index in [9.17, 15) is 8.42 Å². The first-order valence-electron chi connectivity index (χ1n) is 4.87. The molecule has 0 amide bonds. The molecule has 1 aromatic heterocycles. The average Bonchev–Trinajstić information content (AvgIpc) is 2.32. The van der Waals surface area contributed by atoms with E-state index in [4.69, 9.17) is 23.2 Å². The molecule has 1 N–H and O–H groups in total. The van der Waals surface area contributed by atoms with Crippen LogP contribution < -0.4 is 4.72 Å². The third-order valence-electron chi connectivity index (χ3n) is 2.10. The van der Waals surface area contributed by atoms with Crippen LogP contribution in [0.3, 0.4) is 0 Å². The maximum absolute atomic E-state index is 12.0. The molecule has 0 saturated carbocycles. The lowest BCUT2D eigenvalue weighted by atomic mass is 10.4. The lowest BCUT2D eigenvalue weighted by Crippen LogP contribution is -2.12. The van der Waals surface area contributed by atoms with Gasteiger partial charge in [-0.1, -0.05) is 23.2 Å². The summed E-state index contributed by atoms with van der Waals surface area (Å²) >= 11 is 11.3. The highest BCUT2D eigenvalue weighted by Crippen LogP contribution is 2.18. The Morgan fingerprint density at radius 2 is 1.67 bits per heavy atom. The number of pyridine rings is 1. The molecule has 0 fully saturated rings. The summed E-state index contributed by atoms with van der Waals surface area (Å²) in [6.07, 6.45) is 1.34. The quantitative estimate of drug-likeness (QED) is 0.886. The molecule has 0 atom stereocenters. The molecular formula is C11H8Cl2N2O2S. The number of rotatable bonds is 3. The molecule has 2 rings (SSSR count). The number of sulfonamides is 1. The van der Waals surface area contributed by atoms with Crippen molar-refractivity contribution in [2.45, 2.75) is 4.90 Å². The second-order valence-electron chi connectivity index (χ2n) is 3.43. The number of nitrogens with one attached hydrogen (secondary N) is 1. The number of hydrogen-bond acceptors (Lipinski definition) is 3. The molecule has 0 radical (unpaired) electrons. The van der Waals surface area contributed by atoms with E-state index in [-0.39, 0.29) is 4.90 Å². The minimum absolute atomic E-state index is 0.127. The molecule has 0 aliphatic heterocycles. The van der Waals surface area contributed by atoms with Gasteiger partial charge in [-0.25, -0.2) is 13.4 Å². The fraction of sp³-hybridized carbons (Fsp3) is 0. The first-order chi connectivity index (χ1) is 8.47. The van der Waals surface area contributed by atoms with E-state index in [0.29, 0.717) is 15.9 Å². The number of nitrogens with zero attached hydrogens (tertiary/aromatic N) is 1. The Bertz CT molecular complexity index is 640. The maximum Gasteiger partial charge on any atom is 0.261 e. The highest BCUT2D eigenvalue weighted by molar-refractivity contribution is 7.92. The molecule has 0 saturated heterocycles. The predicted molar refractivity (Wildman–Crippen MR) is 71.5 cm³/mol. The maximum atomic E-state index is 12.0. The van der Waals surface area contributed by atoms with Crippen LogP contribution in [0.5, 0.6) is 0 Å². The molecule has 7 heteroatoms. The molecule has 1 heterocycles. The zero-order valence-corrected chi connectivity index (χ0v) is 11.3. The van der Waals surface area contributed by atoms with Gasteiger partial charge in [0.1, 0.15) is 5.15 Å². The minimum atomic E-state index is -3.63. The van der Waals surface area contributed by atoms with Crippen LogP contribution in [0.15, 0.2) is 47.5 Å². The van der Waals surface area contributed by atoms with Gasteiger partial charge in [0.15, 0.2) is 0 Å². The fourth-order valence-corrected chi connectivity index (χ4v) is 2.55. The Hall–Kier alpha value is -1.30. The Morgan fingerprint density at radius 3 is 2.22 bits per heavy atom. The van der Waals surface area contributed by atoms with Crippen molar-refractivity contribution >= 4 is 38.9 Å². The van der Waals surface area contributed by atoms with Crippen molar-refractivity contribution in [1.82, 2.24) is 4.98 Å². The fourth-order valence-electron chi connectivity index (χ4n) is 1.26. The van der Waals surface area contributed by atoms with Gasteiger partial charge in [0.2, 0.25) is 0 Å². The van der Waals surface area contributed by atoms with Crippen molar-refractivity contribution in [2.75, 3.05) is 4.72 Å². The van der Waals surface area contributed by atoms with E-state index >= 15 is 0 Å². The summed E-state index contributed by atoms with van der Waals surface area (Å²) in [6.45, 7) is 0. The molecule has 2 aromatic rings. The first kappa shape index (κ1) is 13.1. The minimum Gasteiger partial charge on any atom is -0.278 e. The summed E-state index contributed by atoms with van der Waals surface area (Å²) in [6, 6.07) is 8.90. The van der Waals surface area contributed by atoms with Crippen molar-refractivity contribution in [3.63, 3.8) is 0 Å². The number of anilines is 1. The molecular weight excluding hydrogens is 295 g/mol. The van der Waals surface area contributed by atoms with Gasteiger partial charge in [0, 0.05) is 5.02 Å². The second-order valence-corrected chi connectivity index (χ2v) is 5.94. The van der Waals surface area contributed by atoms with Gasteiger partial charge in [-0.2, -0.15) is 0 Å². The zero-order valence-electron chi connectivity index (χ0n) is 8.97. The molecule has 0 unspecified atom stereocenters. The smallest absolute Gasteiger partial charge is 0.261 e. The van der Waals surface area contributed by atoms with Gasteiger partial charge in [-0.3, -0.25) is 4.72 Å². The molecule has 1 aromatic carbocycles. The molecule has 4 nitrogen and oxygen atoms in total. The Balaban J connectivity index is 2.27. The van der Waals surface area contributed by atoms with Gasteiger partial charge in [0.25, 0.3) is 10.0 Å². The van der Waals surface area contributed by atoms with Crippen LogP contribution in [-0.4, -0.2) is 13.4 Å². The largest absolute Gasteiger partial charge is 0.278 e. The Kier molecular flexibility index (Phi) is 3.75. The van der Waals surface area contributed by atoms with E-state index in [1.54, 1.807) is 0 Å². The first-order valence-corrected chi connectivity index (χ1v) is 7.11. The van der Waals surface area contributed by atoms with E-state index < -0.39 is 10.0 Å². The van der Waals surface area contributed by atoms with Crippen LogP contribution in [0, 0.1) is 0 Å². The van der Waals surface area contributed by atoms with E-state index in [2.05, 4.69) is 9.71 Å². The average molecular weight is 303 g/mol. The third kappa shape index (κ3) is 3.13. The number of halogens is 2. The molecule has 0 bridgehead atoms. The lowest BCUT2D eigenvalue weighted by Gasteiger charge is -2.07. The number of hydrogen-bond donors (Lipinski definition) is 1. The van der Waals surface area contributed by atoms with E-state index in [1.165, 1.54) is 42.6 Å². The summed E-state index contributed by atoms with van der Waals surface area (Å²) in [4.78, 5) is 3.92.